The van der Waals surface area contributed by atoms with E-state index in [1.165, 1.54) is 4.31 Å². The molecule has 0 amide bonds. The maximum atomic E-state index is 12.6. The van der Waals surface area contributed by atoms with Crippen molar-refractivity contribution in [2.45, 2.75) is 25.2 Å². The molecule has 0 aliphatic rings. The zero-order chi connectivity index (χ0) is 15.5. The van der Waals surface area contributed by atoms with E-state index in [-0.39, 0.29) is 0 Å². The molecule has 1 aromatic carbocycles. The van der Waals surface area contributed by atoms with Crippen molar-refractivity contribution in [2.24, 2.45) is 0 Å². The van der Waals surface area contributed by atoms with E-state index < -0.39 is 10.0 Å². The van der Waals surface area contributed by atoms with Gasteiger partial charge in [0.05, 0.1) is 4.90 Å². The summed E-state index contributed by atoms with van der Waals surface area (Å²) >= 11 is 0. The van der Waals surface area contributed by atoms with E-state index in [0.29, 0.717) is 17.1 Å². The van der Waals surface area contributed by atoms with E-state index >= 15 is 0 Å². The van der Waals surface area contributed by atoms with Crippen molar-refractivity contribution >= 4 is 15.7 Å². The van der Waals surface area contributed by atoms with Gasteiger partial charge in [0.25, 0.3) is 0 Å². The summed E-state index contributed by atoms with van der Waals surface area (Å²) in [6, 6.07) is 3.33. The lowest BCUT2D eigenvalue weighted by Gasteiger charge is -2.20. The number of nitrogens with two attached hydrogens (primary N) is 1. The van der Waals surface area contributed by atoms with Crippen molar-refractivity contribution < 1.29 is 8.42 Å². The van der Waals surface area contributed by atoms with Gasteiger partial charge in [0.15, 0.2) is 0 Å². The lowest BCUT2D eigenvalue weighted by atomic mass is 10.1. The number of aryl methyl sites for hydroxylation is 1. The van der Waals surface area contributed by atoms with Crippen molar-refractivity contribution in [1.29, 1.82) is 0 Å². The average molecular weight is 299 g/mol. The van der Waals surface area contributed by atoms with Crippen LogP contribution >= 0.6 is 0 Å². The van der Waals surface area contributed by atoms with Crippen LogP contribution in [0.2, 0.25) is 0 Å². The van der Waals surface area contributed by atoms with Crippen molar-refractivity contribution in [3.63, 3.8) is 0 Å². The van der Waals surface area contributed by atoms with Crippen LogP contribution in [0.25, 0.3) is 0 Å². The number of hydrogen-bond donors (Lipinski definition) is 1. The molecule has 0 radical (unpaired) electrons. The normalized spacial score (nSPS) is 12.3. The molecule has 0 saturated carbocycles. The third-order valence-corrected chi connectivity index (χ3v) is 5.39. The summed E-state index contributed by atoms with van der Waals surface area (Å²) in [5.41, 5.74) is 7.91. The molecule has 0 unspecified atom stereocenters. The smallest absolute Gasteiger partial charge is 0.243 e. The van der Waals surface area contributed by atoms with Crippen LogP contribution in [0.5, 0.6) is 0 Å². The van der Waals surface area contributed by atoms with Crippen LogP contribution in [0.1, 0.15) is 17.5 Å². The summed E-state index contributed by atoms with van der Waals surface area (Å²) in [7, 11) is 2.08. The second-order valence-electron chi connectivity index (χ2n) is 5.44. The third kappa shape index (κ3) is 3.94. The Balaban J connectivity index is 2.99. The minimum Gasteiger partial charge on any atom is -0.399 e. The number of anilines is 1. The molecule has 0 spiro atoms. The Morgan fingerprint density at radius 2 is 1.70 bits per heavy atom. The second-order valence-corrected chi connectivity index (χ2v) is 7.46. The summed E-state index contributed by atoms with van der Waals surface area (Å²) in [4.78, 5) is 2.35. The summed E-state index contributed by atoms with van der Waals surface area (Å²) in [6.45, 7) is 5.04. The van der Waals surface area contributed by atoms with Gasteiger partial charge in [-0.05, 0) is 64.2 Å². The maximum Gasteiger partial charge on any atom is 0.243 e. The van der Waals surface area contributed by atoms with Crippen molar-refractivity contribution in [1.82, 2.24) is 9.21 Å². The van der Waals surface area contributed by atoms with Crippen molar-refractivity contribution in [3.8, 4) is 0 Å². The SMILES string of the molecule is Cc1cc(N)cc(S(=O)(=O)N(C)CCCN(C)C)c1C. The first-order chi connectivity index (χ1) is 9.16. The fourth-order valence-corrected chi connectivity index (χ4v) is 3.56. The molecule has 6 heteroatoms. The van der Waals surface area contributed by atoms with Crippen LogP contribution in [-0.2, 0) is 10.0 Å². The maximum absolute atomic E-state index is 12.6. The summed E-state index contributed by atoms with van der Waals surface area (Å²) in [5.74, 6) is 0. The van der Waals surface area contributed by atoms with Crippen molar-refractivity contribution in [3.05, 3.63) is 23.3 Å². The molecule has 114 valence electrons. The van der Waals surface area contributed by atoms with E-state index in [4.69, 9.17) is 5.73 Å². The first-order valence-electron chi connectivity index (χ1n) is 6.64. The highest BCUT2D eigenvalue weighted by atomic mass is 32.2. The Hall–Kier alpha value is -1.11. The lowest BCUT2D eigenvalue weighted by Crippen LogP contribution is -2.30. The molecule has 0 heterocycles. The van der Waals surface area contributed by atoms with Crippen molar-refractivity contribution in [2.75, 3.05) is 40.0 Å². The van der Waals surface area contributed by atoms with Crippen LogP contribution in [-0.4, -0.2) is 51.9 Å². The first kappa shape index (κ1) is 16.9. The number of hydrogen-bond acceptors (Lipinski definition) is 4. The number of nitrogens with zero attached hydrogens (tertiary/aromatic N) is 2. The monoisotopic (exact) mass is 299 g/mol. The topological polar surface area (TPSA) is 66.6 Å². The molecule has 0 aromatic heterocycles. The molecule has 0 bridgehead atoms. The number of nitrogen functional groups attached to an aromatic ring is 1. The second kappa shape index (κ2) is 6.56. The molecule has 1 aromatic rings. The molecular formula is C14H25N3O2S. The van der Waals surface area contributed by atoms with E-state index in [2.05, 4.69) is 0 Å². The zero-order valence-corrected chi connectivity index (χ0v) is 13.8. The van der Waals surface area contributed by atoms with Gasteiger partial charge >= 0.3 is 0 Å². The average Bonchev–Trinajstić information content (AvgIpc) is 2.32. The quantitative estimate of drug-likeness (QED) is 0.808. The highest BCUT2D eigenvalue weighted by Crippen LogP contribution is 2.24. The molecule has 0 atom stereocenters. The molecule has 1 rings (SSSR count). The van der Waals surface area contributed by atoms with Gasteiger partial charge in [0.2, 0.25) is 10.0 Å². The number of rotatable bonds is 6. The van der Waals surface area contributed by atoms with Gasteiger partial charge < -0.3 is 10.6 Å². The van der Waals surface area contributed by atoms with E-state index in [1.54, 1.807) is 19.2 Å². The van der Waals surface area contributed by atoms with E-state index in [9.17, 15) is 8.42 Å². The van der Waals surface area contributed by atoms with Gasteiger partial charge in [-0.25, -0.2) is 12.7 Å². The summed E-state index contributed by atoms with van der Waals surface area (Å²) in [6.07, 6.45) is 0.795. The number of sulfonamides is 1. The molecule has 0 aliphatic heterocycles. The summed E-state index contributed by atoms with van der Waals surface area (Å²) in [5, 5.41) is 0. The standard InChI is InChI=1S/C14H25N3O2S/c1-11-9-13(15)10-14(12(11)2)20(18,19)17(5)8-6-7-16(3)4/h9-10H,6-8,15H2,1-5H3. The molecule has 20 heavy (non-hydrogen) atoms. The minimum absolute atomic E-state index is 0.308. The van der Waals surface area contributed by atoms with Gasteiger partial charge in [-0.3, -0.25) is 0 Å². The summed E-state index contributed by atoms with van der Waals surface area (Å²) < 4.78 is 26.6. The largest absolute Gasteiger partial charge is 0.399 e. The Morgan fingerprint density at radius 1 is 1.10 bits per heavy atom. The Bertz CT molecular complexity index is 568. The minimum atomic E-state index is -3.48. The predicted octanol–water partition coefficient (Wildman–Crippen LogP) is 1.46. The van der Waals surface area contributed by atoms with Crippen LogP contribution in [0.15, 0.2) is 17.0 Å². The van der Waals surface area contributed by atoms with Gasteiger partial charge in [0.1, 0.15) is 0 Å². The number of benzene rings is 1. The van der Waals surface area contributed by atoms with Gasteiger partial charge in [-0.1, -0.05) is 0 Å². The fourth-order valence-electron chi connectivity index (χ4n) is 2.02. The van der Waals surface area contributed by atoms with Gasteiger partial charge in [-0.15, -0.1) is 0 Å². The Labute approximate surface area is 122 Å². The van der Waals surface area contributed by atoms with E-state index in [1.807, 2.05) is 32.8 Å². The highest BCUT2D eigenvalue weighted by Gasteiger charge is 2.23. The molecule has 0 saturated heterocycles. The predicted molar refractivity (Wildman–Crippen MR) is 83.3 cm³/mol. The van der Waals surface area contributed by atoms with Gasteiger partial charge in [0, 0.05) is 19.3 Å². The third-order valence-electron chi connectivity index (χ3n) is 3.41. The first-order valence-corrected chi connectivity index (χ1v) is 8.08. The molecule has 0 aliphatic carbocycles. The van der Waals surface area contributed by atoms with Crippen LogP contribution in [0, 0.1) is 13.8 Å². The zero-order valence-electron chi connectivity index (χ0n) is 13.0. The van der Waals surface area contributed by atoms with Gasteiger partial charge in [-0.2, -0.15) is 0 Å². The molecule has 0 fully saturated rings. The van der Waals surface area contributed by atoms with Crippen LogP contribution in [0.3, 0.4) is 0 Å². The van der Waals surface area contributed by atoms with Crippen LogP contribution < -0.4 is 5.73 Å². The molecular weight excluding hydrogens is 274 g/mol. The Morgan fingerprint density at radius 3 is 2.25 bits per heavy atom. The molecule has 2 N–H and O–H groups in total. The fraction of sp³-hybridized carbons (Fsp3) is 0.571. The van der Waals surface area contributed by atoms with Crippen LogP contribution in [0.4, 0.5) is 5.69 Å². The Kier molecular flexibility index (Phi) is 5.56. The molecule has 5 nitrogen and oxygen atoms in total. The lowest BCUT2D eigenvalue weighted by molar-refractivity contribution is 0.370. The van der Waals surface area contributed by atoms with E-state index in [0.717, 1.165) is 24.1 Å². The highest BCUT2D eigenvalue weighted by molar-refractivity contribution is 7.89.